The average molecular weight is 906 g/mol. The van der Waals surface area contributed by atoms with Gasteiger partial charge in [-0.1, -0.05) is 190 Å². The Morgan fingerprint density at radius 2 is 0.915 bits per heavy atom. The lowest BCUT2D eigenvalue weighted by Crippen LogP contribution is -2.27. The summed E-state index contributed by atoms with van der Waals surface area (Å²) in [6.45, 7) is 4.82. The van der Waals surface area contributed by atoms with Crippen molar-refractivity contribution in [2.75, 3.05) is 4.90 Å². The van der Waals surface area contributed by atoms with Crippen molar-refractivity contribution in [1.29, 1.82) is 0 Å². The second-order valence-corrected chi connectivity index (χ2v) is 19.9. The minimum atomic E-state index is -0.266. The summed E-state index contributed by atoms with van der Waals surface area (Å²) < 4.78 is 5.19. The Hall–Kier alpha value is -8.92. The van der Waals surface area contributed by atoms with Crippen molar-refractivity contribution in [3.05, 3.63) is 252 Å². The number of aromatic nitrogens is 2. The molecule has 0 atom stereocenters. The highest BCUT2D eigenvalue weighted by Gasteiger charge is 2.37. The first-order valence-corrected chi connectivity index (χ1v) is 24.9. The standard InChI is InChI=1S/C68H47N3/c1-68(2)57-41-46(69(44-23-5-3-6-24-44)45-25-7-4-8-26-45)37-39-49(57)50-40-38-47(42-58(50)68)70-60-35-19-16-32-55(60)63-65-62(51-28-12-14-30-53(51)66(63)70)52-29-13-15-31-54(52)67-64(65)56-33-17-20-36-61(56)71(67)59-34-18-10-22-43-21-9-11-27-48(43)59/h3-33,35-42H,34H2,1-2H3. The van der Waals surface area contributed by atoms with Gasteiger partial charge >= 0.3 is 0 Å². The molecular weight excluding hydrogens is 859 g/mol. The van der Waals surface area contributed by atoms with Crippen LogP contribution in [-0.4, -0.2) is 9.13 Å². The third kappa shape index (κ3) is 5.60. The van der Waals surface area contributed by atoms with Gasteiger partial charge in [-0.05, 0) is 104 Å². The topological polar surface area (TPSA) is 13.1 Å². The quantitative estimate of drug-likeness (QED) is 0.157. The zero-order chi connectivity index (χ0) is 47.0. The van der Waals surface area contributed by atoms with E-state index in [1.54, 1.807) is 0 Å². The Balaban J connectivity index is 1.03. The Labute approximate surface area is 411 Å². The van der Waals surface area contributed by atoms with Crippen molar-refractivity contribution in [2.45, 2.75) is 25.7 Å². The molecule has 0 spiro atoms. The summed E-state index contributed by atoms with van der Waals surface area (Å²) in [5, 5.41) is 15.3. The number of hydrogen-bond acceptors (Lipinski definition) is 1. The molecule has 0 radical (unpaired) electrons. The third-order valence-corrected chi connectivity index (χ3v) is 15.9. The van der Waals surface area contributed by atoms with Crippen LogP contribution in [0.3, 0.4) is 0 Å². The lowest BCUT2D eigenvalue weighted by atomic mass is 9.82. The van der Waals surface area contributed by atoms with Crippen molar-refractivity contribution in [1.82, 2.24) is 9.13 Å². The molecule has 3 heteroatoms. The van der Waals surface area contributed by atoms with Crippen LogP contribution >= 0.6 is 0 Å². The fraction of sp³-hybridized carbons (Fsp3) is 0.0588. The molecule has 11 aromatic carbocycles. The van der Waals surface area contributed by atoms with E-state index >= 15 is 0 Å². The van der Waals surface area contributed by atoms with Crippen molar-refractivity contribution in [3.63, 3.8) is 0 Å². The van der Waals surface area contributed by atoms with E-state index in [-0.39, 0.29) is 5.41 Å². The normalized spacial score (nSPS) is 13.9. The van der Waals surface area contributed by atoms with E-state index in [2.05, 4.69) is 264 Å². The zero-order valence-corrected chi connectivity index (χ0v) is 39.6. The van der Waals surface area contributed by atoms with Crippen molar-refractivity contribution in [2.24, 2.45) is 0 Å². The first kappa shape index (κ1) is 40.0. The van der Waals surface area contributed by atoms with Gasteiger partial charge in [-0.15, -0.1) is 0 Å². The smallest absolute Gasteiger partial charge is 0.0626 e. The molecule has 0 saturated heterocycles. The number of para-hydroxylation sites is 4. The van der Waals surface area contributed by atoms with Gasteiger partial charge in [0.2, 0.25) is 0 Å². The molecule has 2 aliphatic carbocycles. The monoisotopic (exact) mass is 905 g/mol. The third-order valence-electron chi connectivity index (χ3n) is 15.9. The molecule has 15 rings (SSSR count). The highest BCUT2D eigenvalue weighted by molar-refractivity contribution is 6.45. The predicted molar refractivity (Wildman–Crippen MR) is 301 cm³/mol. The lowest BCUT2D eigenvalue weighted by molar-refractivity contribution is 0.660. The summed E-state index contributed by atoms with van der Waals surface area (Å²) in [7, 11) is 0. The maximum Gasteiger partial charge on any atom is 0.0626 e. The molecule has 0 unspecified atom stereocenters. The maximum atomic E-state index is 2.61. The molecular formula is C68H47N3. The largest absolute Gasteiger partial charge is 0.311 e. The number of rotatable bonds is 5. The van der Waals surface area contributed by atoms with E-state index < -0.39 is 0 Å². The van der Waals surface area contributed by atoms with Gasteiger partial charge in [0, 0.05) is 83.2 Å². The fourth-order valence-corrected chi connectivity index (χ4v) is 12.8. The summed E-state index contributed by atoms with van der Waals surface area (Å²) in [5.74, 6) is 0. The fourth-order valence-electron chi connectivity index (χ4n) is 12.8. The van der Waals surface area contributed by atoms with Gasteiger partial charge in [-0.3, -0.25) is 0 Å². The van der Waals surface area contributed by atoms with E-state index in [9.17, 15) is 0 Å². The number of benzene rings is 11. The van der Waals surface area contributed by atoms with Gasteiger partial charge in [0.15, 0.2) is 0 Å². The number of anilines is 3. The number of hydrogen-bond donors (Lipinski definition) is 0. The van der Waals surface area contributed by atoms with Gasteiger partial charge in [0.05, 0.1) is 22.1 Å². The highest BCUT2D eigenvalue weighted by Crippen LogP contribution is 2.54. The Bertz CT molecular complexity index is 4530. The van der Waals surface area contributed by atoms with E-state index in [1.165, 1.54) is 120 Å². The molecule has 0 fully saturated rings. The Morgan fingerprint density at radius 1 is 0.408 bits per heavy atom. The second kappa shape index (κ2) is 15.0. The summed E-state index contributed by atoms with van der Waals surface area (Å²) in [4.78, 5) is 2.37. The van der Waals surface area contributed by atoms with Crippen LogP contribution in [0.5, 0.6) is 0 Å². The van der Waals surface area contributed by atoms with E-state index in [0.29, 0.717) is 0 Å². The van der Waals surface area contributed by atoms with Gasteiger partial charge < -0.3 is 14.0 Å². The Kier molecular flexibility index (Phi) is 8.48. The number of nitrogens with zero attached hydrogens (tertiary/aromatic N) is 3. The first-order valence-electron chi connectivity index (χ1n) is 24.9. The van der Waals surface area contributed by atoms with E-state index in [1.807, 2.05) is 0 Å². The molecule has 13 aromatic rings. The van der Waals surface area contributed by atoms with Crippen molar-refractivity contribution in [3.8, 4) is 16.8 Å². The number of fused-ring (bicyclic) bond motifs is 19. The minimum absolute atomic E-state index is 0.266. The van der Waals surface area contributed by atoms with Crippen molar-refractivity contribution >= 4 is 105 Å². The molecule has 0 aliphatic heterocycles. The second-order valence-electron chi connectivity index (χ2n) is 19.9. The van der Waals surface area contributed by atoms with E-state index in [4.69, 9.17) is 0 Å². The zero-order valence-electron chi connectivity index (χ0n) is 39.6. The van der Waals surface area contributed by atoms with Crippen LogP contribution in [0.4, 0.5) is 17.1 Å². The Morgan fingerprint density at radius 3 is 1.56 bits per heavy atom. The molecule has 0 amide bonds. The molecule has 2 aromatic heterocycles. The minimum Gasteiger partial charge on any atom is -0.311 e. The highest BCUT2D eigenvalue weighted by atomic mass is 15.1. The first-order chi connectivity index (χ1) is 35.0. The van der Waals surface area contributed by atoms with Gasteiger partial charge in [0.1, 0.15) is 0 Å². The molecule has 0 N–H and O–H groups in total. The summed E-state index contributed by atoms with van der Waals surface area (Å²) in [5.41, 5.74) is 15.8. The van der Waals surface area contributed by atoms with Crippen LogP contribution in [0.15, 0.2) is 231 Å². The summed E-state index contributed by atoms with van der Waals surface area (Å²) >= 11 is 0. The summed E-state index contributed by atoms with van der Waals surface area (Å²) in [6.07, 6.45) is 7.62. The maximum absolute atomic E-state index is 2.61. The van der Waals surface area contributed by atoms with Crippen LogP contribution in [0.2, 0.25) is 0 Å². The molecule has 2 aliphatic rings. The molecule has 3 nitrogen and oxygen atoms in total. The summed E-state index contributed by atoms with van der Waals surface area (Å²) in [6, 6.07) is 81.3. The van der Waals surface area contributed by atoms with Crippen LogP contribution in [0.1, 0.15) is 31.4 Å². The SMILES string of the molecule is CC1(C)c2cc(N(c3ccccc3)c3ccccc3)ccc2-c2ccc(-n3c4ccccc4c4c5c(c6ccccc6c6c5c5ccccc5n6C5=c6ccccc6=CC=CC5)c5ccccc5c43)cc21. The van der Waals surface area contributed by atoms with Crippen LogP contribution in [0.25, 0.3) is 105 Å². The molecule has 71 heavy (non-hydrogen) atoms. The number of allylic oxidation sites excluding steroid dienone is 2. The van der Waals surface area contributed by atoms with Crippen LogP contribution < -0.4 is 15.3 Å². The molecule has 2 heterocycles. The van der Waals surface area contributed by atoms with Gasteiger partial charge in [-0.25, -0.2) is 0 Å². The van der Waals surface area contributed by atoms with Gasteiger partial charge in [-0.2, -0.15) is 0 Å². The lowest BCUT2D eigenvalue weighted by Gasteiger charge is -2.28. The van der Waals surface area contributed by atoms with Crippen LogP contribution in [-0.2, 0) is 5.41 Å². The molecule has 0 saturated carbocycles. The van der Waals surface area contributed by atoms with Crippen LogP contribution in [0, 0.1) is 0 Å². The molecule has 334 valence electrons. The average Bonchev–Trinajstić information content (AvgIpc) is 3.96. The van der Waals surface area contributed by atoms with Gasteiger partial charge in [0.25, 0.3) is 0 Å². The predicted octanol–water partition coefficient (Wildman–Crippen LogP) is 16.5. The van der Waals surface area contributed by atoms with E-state index in [0.717, 1.165) is 23.5 Å². The van der Waals surface area contributed by atoms with Crippen molar-refractivity contribution < 1.29 is 0 Å². The molecule has 0 bridgehead atoms.